The van der Waals surface area contributed by atoms with Gasteiger partial charge in [-0.05, 0) is 24.3 Å². The van der Waals surface area contributed by atoms with Crippen LogP contribution in [0.1, 0.15) is 10.4 Å². The van der Waals surface area contributed by atoms with Gasteiger partial charge in [-0.1, -0.05) is 0 Å². The number of nitro benzene ring substituents is 1. The maximum Gasteiger partial charge on any atom is 0.322 e. The molecule has 1 fully saturated rings. The summed E-state index contributed by atoms with van der Waals surface area (Å²) in [6, 6.07) is 6.01. The van der Waals surface area contributed by atoms with E-state index in [2.05, 4.69) is 5.32 Å². The predicted octanol–water partition coefficient (Wildman–Crippen LogP) is 2.35. The van der Waals surface area contributed by atoms with Crippen molar-refractivity contribution in [2.24, 2.45) is 0 Å². The zero-order chi connectivity index (χ0) is 21.8. The van der Waals surface area contributed by atoms with Gasteiger partial charge in [0, 0.05) is 43.9 Å². The van der Waals surface area contributed by atoms with Gasteiger partial charge in [0.15, 0.2) is 0 Å². The van der Waals surface area contributed by atoms with Gasteiger partial charge in [0.1, 0.15) is 17.3 Å². The largest absolute Gasteiger partial charge is 0.362 e. The molecule has 0 atom stereocenters. The molecule has 158 valence electrons. The Morgan fingerprint density at radius 2 is 1.77 bits per heavy atom. The molecule has 2 aromatic rings. The molecule has 1 aliphatic heterocycles. The van der Waals surface area contributed by atoms with Crippen molar-refractivity contribution in [1.29, 1.82) is 0 Å². The molecule has 0 spiro atoms. The fourth-order valence-electron chi connectivity index (χ4n) is 3.08. The van der Waals surface area contributed by atoms with Crippen LogP contribution >= 0.6 is 0 Å². The second-order valence-corrected chi connectivity index (χ2v) is 6.43. The van der Waals surface area contributed by atoms with E-state index in [1.807, 2.05) is 0 Å². The second-order valence-electron chi connectivity index (χ2n) is 6.43. The highest BCUT2D eigenvalue weighted by Crippen LogP contribution is 2.30. The van der Waals surface area contributed by atoms with E-state index in [4.69, 9.17) is 5.21 Å². The second kappa shape index (κ2) is 8.69. The van der Waals surface area contributed by atoms with Crippen LogP contribution in [0.5, 0.6) is 0 Å². The molecule has 0 unspecified atom stereocenters. The summed E-state index contributed by atoms with van der Waals surface area (Å²) in [6.07, 6.45) is 0. The van der Waals surface area contributed by atoms with E-state index in [0.29, 0.717) is 6.07 Å². The normalized spacial score (nSPS) is 13.7. The average molecular weight is 421 g/mol. The molecule has 3 amide bonds. The predicted molar refractivity (Wildman–Crippen MR) is 102 cm³/mol. The van der Waals surface area contributed by atoms with Gasteiger partial charge in [-0.15, -0.1) is 0 Å². The molecule has 12 heteroatoms. The van der Waals surface area contributed by atoms with Crippen molar-refractivity contribution in [2.45, 2.75) is 0 Å². The van der Waals surface area contributed by atoms with Crippen LogP contribution in [0.25, 0.3) is 0 Å². The molecule has 3 rings (SSSR count). The van der Waals surface area contributed by atoms with E-state index >= 15 is 0 Å². The quantitative estimate of drug-likeness (QED) is 0.395. The lowest BCUT2D eigenvalue weighted by molar-refractivity contribution is -0.384. The minimum Gasteiger partial charge on any atom is -0.362 e. The first-order valence-electron chi connectivity index (χ1n) is 8.79. The lowest BCUT2D eigenvalue weighted by atomic mass is 10.1. The van der Waals surface area contributed by atoms with Crippen molar-refractivity contribution in [3.8, 4) is 0 Å². The molecule has 1 heterocycles. The minimum atomic E-state index is -0.899. The third-order valence-electron chi connectivity index (χ3n) is 4.62. The van der Waals surface area contributed by atoms with E-state index in [0.717, 1.165) is 18.2 Å². The van der Waals surface area contributed by atoms with Crippen molar-refractivity contribution >= 4 is 29.0 Å². The summed E-state index contributed by atoms with van der Waals surface area (Å²) in [5, 5.41) is 22.5. The molecule has 1 saturated heterocycles. The molecule has 0 aliphatic carbocycles. The summed E-state index contributed by atoms with van der Waals surface area (Å²) in [6.45, 7) is 0.909. The highest BCUT2D eigenvalue weighted by atomic mass is 19.1. The van der Waals surface area contributed by atoms with Crippen LogP contribution in [0.3, 0.4) is 0 Å². The maximum absolute atomic E-state index is 13.7. The Hall–Kier alpha value is -3.80. The SMILES string of the molecule is O=C(NO)c1ccc(N2CCN(C(=O)Nc3ccc(F)cc3F)CC2)c([N+](=O)[O-])c1. The number of hydrogen-bond acceptors (Lipinski definition) is 6. The lowest BCUT2D eigenvalue weighted by Gasteiger charge is -2.35. The van der Waals surface area contributed by atoms with Gasteiger partial charge in [-0.3, -0.25) is 20.1 Å². The summed E-state index contributed by atoms with van der Waals surface area (Å²) < 4.78 is 26.7. The number of carbonyl (C=O) groups is 2. The number of carbonyl (C=O) groups excluding carboxylic acids is 2. The Morgan fingerprint density at radius 3 is 2.37 bits per heavy atom. The molecule has 0 saturated carbocycles. The number of nitrogens with one attached hydrogen (secondary N) is 2. The Morgan fingerprint density at radius 1 is 1.07 bits per heavy atom. The molecule has 10 nitrogen and oxygen atoms in total. The number of urea groups is 1. The zero-order valence-corrected chi connectivity index (χ0v) is 15.5. The standard InChI is InChI=1S/C18H17F2N5O5/c19-12-2-3-14(13(20)10-12)21-18(27)24-7-5-23(6-8-24)15-4-1-11(17(26)22-28)9-16(15)25(29)30/h1-4,9-10,28H,5-8H2,(H,21,27)(H,22,26). The first-order valence-corrected chi connectivity index (χ1v) is 8.79. The molecular formula is C18H17F2N5O5. The number of piperazine rings is 1. The summed E-state index contributed by atoms with van der Waals surface area (Å²) >= 11 is 0. The number of benzene rings is 2. The molecule has 1 aliphatic rings. The highest BCUT2D eigenvalue weighted by Gasteiger charge is 2.27. The number of hydroxylamine groups is 1. The first kappa shape index (κ1) is 20.9. The van der Waals surface area contributed by atoms with Crippen LogP contribution in [0, 0.1) is 21.7 Å². The number of nitro groups is 1. The van der Waals surface area contributed by atoms with Crippen LogP contribution in [0.4, 0.5) is 30.6 Å². The van der Waals surface area contributed by atoms with Crippen LogP contribution in [-0.4, -0.2) is 53.1 Å². The number of anilines is 2. The van der Waals surface area contributed by atoms with Crippen molar-refractivity contribution in [1.82, 2.24) is 10.4 Å². The van der Waals surface area contributed by atoms with Gasteiger partial charge in [0.25, 0.3) is 11.6 Å². The topological polar surface area (TPSA) is 128 Å². The molecule has 0 aromatic heterocycles. The van der Waals surface area contributed by atoms with E-state index in [1.54, 1.807) is 4.90 Å². The fourth-order valence-corrected chi connectivity index (χ4v) is 3.08. The van der Waals surface area contributed by atoms with Crippen molar-refractivity contribution in [3.63, 3.8) is 0 Å². The van der Waals surface area contributed by atoms with Crippen LogP contribution in [0.15, 0.2) is 36.4 Å². The molecule has 3 N–H and O–H groups in total. The number of hydrogen-bond donors (Lipinski definition) is 3. The Labute approximate surface area is 168 Å². The smallest absolute Gasteiger partial charge is 0.322 e. The molecule has 2 aromatic carbocycles. The highest BCUT2D eigenvalue weighted by molar-refractivity contribution is 5.95. The van der Waals surface area contributed by atoms with Gasteiger partial charge in [0.05, 0.1) is 10.6 Å². The third-order valence-corrected chi connectivity index (χ3v) is 4.62. The zero-order valence-electron chi connectivity index (χ0n) is 15.5. The lowest BCUT2D eigenvalue weighted by Crippen LogP contribution is -2.50. The average Bonchev–Trinajstić information content (AvgIpc) is 2.74. The molecule has 0 radical (unpaired) electrons. The maximum atomic E-state index is 13.7. The van der Waals surface area contributed by atoms with Crippen molar-refractivity contribution in [2.75, 3.05) is 36.4 Å². The number of amides is 3. The summed E-state index contributed by atoms with van der Waals surface area (Å²) in [5.41, 5.74) is 1.13. The molecular weight excluding hydrogens is 404 g/mol. The summed E-state index contributed by atoms with van der Waals surface area (Å²) in [5.74, 6) is -2.54. The Balaban J connectivity index is 1.68. The third kappa shape index (κ3) is 4.43. The van der Waals surface area contributed by atoms with Crippen LogP contribution in [0.2, 0.25) is 0 Å². The summed E-state index contributed by atoms with van der Waals surface area (Å²) in [7, 11) is 0. The minimum absolute atomic E-state index is 0.0766. The number of halogens is 2. The fraction of sp³-hybridized carbons (Fsp3) is 0.222. The van der Waals surface area contributed by atoms with E-state index in [-0.39, 0.29) is 48.8 Å². The van der Waals surface area contributed by atoms with Gasteiger partial charge in [-0.25, -0.2) is 19.1 Å². The van der Waals surface area contributed by atoms with E-state index < -0.39 is 28.5 Å². The number of nitrogens with zero attached hydrogens (tertiary/aromatic N) is 3. The number of rotatable bonds is 4. The van der Waals surface area contributed by atoms with Crippen molar-refractivity contribution < 1.29 is 28.5 Å². The summed E-state index contributed by atoms with van der Waals surface area (Å²) in [4.78, 5) is 37.7. The molecule has 0 bridgehead atoms. The molecule has 30 heavy (non-hydrogen) atoms. The van der Waals surface area contributed by atoms with Gasteiger partial charge >= 0.3 is 6.03 Å². The van der Waals surface area contributed by atoms with E-state index in [9.17, 15) is 28.5 Å². The van der Waals surface area contributed by atoms with Gasteiger partial charge in [-0.2, -0.15) is 0 Å². The van der Waals surface area contributed by atoms with Gasteiger partial charge in [0.2, 0.25) is 0 Å². The Bertz CT molecular complexity index is 995. The van der Waals surface area contributed by atoms with Crippen LogP contribution in [-0.2, 0) is 0 Å². The van der Waals surface area contributed by atoms with Crippen LogP contribution < -0.4 is 15.7 Å². The first-order chi connectivity index (χ1) is 14.3. The van der Waals surface area contributed by atoms with E-state index in [1.165, 1.54) is 22.5 Å². The Kier molecular flexibility index (Phi) is 6.06. The monoisotopic (exact) mass is 421 g/mol. The van der Waals surface area contributed by atoms with Gasteiger partial charge < -0.3 is 15.1 Å². The van der Waals surface area contributed by atoms with Crippen molar-refractivity contribution in [3.05, 3.63) is 63.7 Å².